The third kappa shape index (κ3) is 2.62. The highest BCUT2D eigenvalue weighted by atomic mass is 32.1. The van der Waals surface area contributed by atoms with Crippen molar-refractivity contribution in [3.05, 3.63) is 41.3 Å². The Morgan fingerprint density at radius 3 is 2.88 bits per heavy atom. The summed E-state index contributed by atoms with van der Waals surface area (Å²) in [5.41, 5.74) is 1.12. The smallest absolute Gasteiger partial charge is 0.153 e. The van der Waals surface area contributed by atoms with Crippen molar-refractivity contribution in [2.24, 2.45) is 7.05 Å². The van der Waals surface area contributed by atoms with Crippen LogP contribution in [0.1, 0.15) is 30.6 Å². The number of nitrogens with zero attached hydrogens (tertiary/aromatic N) is 4. The van der Waals surface area contributed by atoms with Gasteiger partial charge in [0.1, 0.15) is 10.3 Å². The van der Waals surface area contributed by atoms with Crippen molar-refractivity contribution < 1.29 is 4.39 Å². The highest BCUT2D eigenvalue weighted by molar-refractivity contribution is 7.18. The molecule has 0 unspecified atom stereocenters. The molecule has 1 fully saturated rings. The zero-order chi connectivity index (χ0) is 17.8. The second-order valence-electron chi connectivity index (χ2n) is 7.23. The van der Waals surface area contributed by atoms with Crippen LogP contribution < -0.4 is 5.32 Å². The molecule has 26 heavy (non-hydrogen) atoms. The maximum absolute atomic E-state index is 14.4. The van der Waals surface area contributed by atoms with E-state index in [0.717, 1.165) is 27.8 Å². The van der Waals surface area contributed by atoms with Crippen LogP contribution in [0, 0.1) is 5.82 Å². The van der Waals surface area contributed by atoms with Crippen LogP contribution in [0.25, 0.3) is 26.8 Å². The average Bonchev–Trinajstić information content (AvgIpc) is 3.26. The molecule has 1 aliphatic rings. The van der Waals surface area contributed by atoms with Crippen LogP contribution in [0.4, 0.5) is 4.39 Å². The zero-order valence-electron chi connectivity index (χ0n) is 14.7. The van der Waals surface area contributed by atoms with E-state index < -0.39 is 0 Å². The van der Waals surface area contributed by atoms with E-state index in [4.69, 9.17) is 5.10 Å². The number of aryl methyl sites for hydroxylation is 1. The fourth-order valence-corrected chi connectivity index (χ4v) is 5.05. The summed E-state index contributed by atoms with van der Waals surface area (Å²) < 4.78 is 17.8. The van der Waals surface area contributed by atoms with Crippen molar-refractivity contribution in [3.8, 4) is 5.69 Å². The van der Waals surface area contributed by atoms with Gasteiger partial charge in [0.25, 0.3) is 0 Å². The van der Waals surface area contributed by atoms with Crippen LogP contribution in [0.3, 0.4) is 0 Å². The molecule has 5 rings (SSSR count). The molecule has 0 bridgehead atoms. The Labute approximate surface area is 154 Å². The molecule has 0 spiro atoms. The first-order valence-electron chi connectivity index (χ1n) is 8.92. The first-order valence-corrected chi connectivity index (χ1v) is 9.74. The summed E-state index contributed by atoms with van der Waals surface area (Å²) in [4.78, 5) is 2.43. The molecule has 5 nitrogen and oxygen atoms in total. The number of aromatic nitrogens is 4. The quantitative estimate of drug-likeness (QED) is 0.582. The molecule has 0 radical (unpaired) electrons. The normalized spacial score (nSPS) is 21.0. The van der Waals surface area contributed by atoms with E-state index in [1.165, 1.54) is 23.8 Å². The molecule has 134 valence electrons. The molecule has 1 N–H and O–H groups in total. The third-order valence-corrected chi connectivity index (χ3v) is 6.37. The summed E-state index contributed by atoms with van der Waals surface area (Å²) in [6.07, 6.45) is 6.17. The predicted molar refractivity (Wildman–Crippen MR) is 103 cm³/mol. The maximum Gasteiger partial charge on any atom is 0.153 e. The largest absolute Gasteiger partial charge is 0.314 e. The first kappa shape index (κ1) is 16.0. The predicted octanol–water partition coefficient (Wildman–Crippen LogP) is 3.97. The number of hydrogen-bond donors (Lipinski definition) is 1. The second-order valence-corrected chi connectivity index (χ2v) is 8.29. The average molecular weight is 369 g/mol. The zero-order valence-corrected chi connectivity index (χ0v) is 15.6. The summed E-state index contributed by atoms with van der Waals surface area (Å²) in [5.74, 6) is 0.296. The Kier molecular flexibility index (Phi) is 3.62. The van der Waals surface area contributed by atoms with Gasteiger partial charge in [-0.05, 0) is 44.4 Å². The van der Waals surface area contributed by atoms with Gasteiger partial charge in [0.05, 0.1) is 5.69 Å². The van der Waals surface area contributed by atoms with Crippen LogP contribution in [0.15, 0.2) is 30.6 Å². The van der Waals surface area contributed by atoms with Crippen molar-refractivity contribution in [2.45, 2.75) is 31.7 Å². The number of thiophene rings is 1. The van der Waals surface area contributed by atoms with E-state index >= 15 is 0 Å². The topological polar surface area (TPSA) is 47.7 Å². The first-order chi connectivity index (χ1) is 12.6. The van der Waals surface area contributed by atoms with E-state index in [1.54, 1.807) is 27.7 Å². The molecule has 1 saturated heterocycles. The van der Waals surface area contributed by atoms with E-state index in [-0.39, 0.29) is 5.82 Å². The molecular weight excluding hydrogens is 349 g/mol. The van der Waals surface area contributed by atoms with Gasteiger partial charge in [0, 0.05) is 47.2 Å². The number of piperidine rings is 1. The van der Waals surface area contributed by atoms with Crippen LogP contribution in [0.2, 0.25) is 0 Å². The van der Waals surface area contributed by atoms with Crippen molar-refractivity contribution in [3.63, 3.8) is 0 Å². The molecule has 0 aliphatic carbocycles. The monoisotopic (exact) mass is 369 g/mol. The lowest BCUT2D eigenvalue weighted by atomic mass is 9.92. The van der Waals surface area contributed by atoms with E-state index in [9.17, 15) is 4.39 Å². The fourth-order valence-electron chi connectivity index (χ4n) is 3.90. The minimum atomic E-state index is -0.318. The lowest BCUT2D eigenvalue weighted by molar-refractivity contribution is 0.384. The van der Waals surface area contributed by atoms with Gasteiger partial charge in [0.15, 0.2) is 5.82 Å². The van der Waals surface area contributed by atoms with Crippen LogP contribution >= 0.6 is 11.3 Å². The van der Waals surface area contributed by atoms with Crippen LogP contribution in [-0.2, 0) is 7.05 Å². The Balaban J connectivity index is 1.51. The maximum atomic E-state index is 14.4. The minimum Gasteiger partial charge on any atom is -0.314 e. The van der Waals surface area contributed by atoms with Crippen molar-refractivity contribution in [1.29, 1.82) is 0 Å². The minimum absolute atomic E-state index is 0.318. The second kappa shape index (κ2) is 5.89. The number of nitrogens with one attached hydrogen (secondary N) is 1. The SMILES string of the molecule is C[C@@H]1C[C@@H](c2cc3cn(-c4cc(F)c5nn(C)cc5c4)nc3s2)CCN1. The van der Waals surface area contributed by atoms with E-state index in [2.05, 4.69) is 23.4 Å². The Morgan fingerprint density at radius 2 is 2.08 bits per heavy atom. The van der Waals surface area contributed by atoms with Gasteiger partial charge in [-0.3, -0.25) is 4.68 Å². The number of rotatable bonds is 2. The number of fused-ring (bicyclic) bond motifs is 2. The van der Waals surface area contributed by atoms with Gasteiger partial charge < -0.3 is 5.32 Å². The molecular formula is C19H20FN5S. The lowest BCUT2D eigenvalue weighted by Gasteiger charge is -2.27. The number of hydrogen-bond acceptors (Lipinski definition) is 4. The van der Waals surface area contributed by atoms with Gasteiger partial charge in [-0.1, -0.05) is 0 Å². The third-order valence-electron chi connectivity index (χ3n) is 5.17. The van der Waals surface area contributed by atoms with Crippen molar-refractivity contribution in [1.82, 2.24) is 24.9 Å². The summed E-state index contributed by atoms with van der Waals surface area (Å²) in [6, 6.07) is 6.25. The fraction of sp³-hybridized carbons (Fsp3) is 0.368. The Morgan fingerprint density at radius 1 is 1.19 bits per heavy atom. The molecule has 7 heteroatoms. The number of halogens is 1. The van der Waals surface area contributed by atoms with Crippen molar-refractivity contribution >= 4 is 32.5 Å². The van der Waals surface area contributed by atoms with E-state index in [0.29, 0.717) is 17.5 Å². The highest BCUT2D eigenvalue weighted by Crippen LogP contribution is 2.36. The van der Waals surface area contributed by atoms with Gasteiger partial charge in [-0.15, -0.1) is 11.3 Å². The molecule has 1 aromatic carbocycles. The number of benzene rings is 1. The molecule has 3 aromatic heterocycles. The molecule has 4 aromatic rings. The van der Waals surface area contributed by atoms with Crippen molar-refractivity contribution in [2.75, 3.05) is 6.54 Å². The molecule has 0 saturated carbocycles. The molecule has 0 amide bonds. The van der Waals surface area contributed by atoms with Gasteiger partial charge >= 0.3 is 0 Å². The summed E-state index contributed by atoms with van der Waals surface area (Å²) in [6.45, 7) is 3.32. The molecule has 1 aliphatic heterocycles. The van der Waals surface area contributed by atoms with Gasteiger partial charge in [-0.2, -0.15) is 10.2 Å². The van der Waals surface area contributed by atoms with Crippen LogP contribution in [0.5, 0.6) is 0 Å². The Bertz CT molecular complexity index is 1080. The molecule has 2 atom stereocenters. The standard InChI is InChI=1S/C19H20FN5S/c1-11-5-12(3-4-21-11)17-7-14-10-25(23-19(14)26-17)15-6-13-9-24(2)22-18(13)16(20)8-15/h6-12,21H,3-5H2,1-2H3/t11-,12+/m1/s1. The van der Waals surface area contributed by atoms with Gasteiger partial charge in [-0.25, -0.2) is 9.07 Å². The Hall–Kier alpha value is -2.25. The lowest BCUT2D eigenvalue weighted by Crippen LogP contribution is -2.34. The van der Waals surface area contributed by atoms with E-state index in [1.807, 2.05) is 18.5 Å². The summed E-state index contributed by atoms with van der Waals surface area (Å²) in [7, 11) is 1.80. The van der Waals surface area contributed by atoms with Gasteiger partial charge in [0.2, 0.25) is 0 Å². The molecule has 4 heterocycles. The summed E-state index contributed by atoms with van der Waals surface area (Å²) >= 11 is 1.76. The van der Waals surface area contributed by atoms with Crippen LogP contribution in [-0.4, -0.2) is 32.1 Å². The summed E-state index contributed by atoms with van der Waals surface area (Å²) in [5, 5.41) is 14.3. The highest BCUT2D eigenvalue weighted by Gasteiger charge is 2.22.